The number of amides is 2. The van der Waals surface area contributed by atoms with Gasteiger partial charge in [0.2, 0.25) is 0 Å². The number of hydrogen-bond acceptors (Lipinski definition) is 6. The molecule has 0 aliphatic heterocycles. The third kappa shape index (κ3) is 5.97. The fraction of sp³-hybridized carbons (Fsp3) is 0.0833. The molecule has 7 nitrogen and oxygen atoms in total. The SMILES string of the molecule is Cc1ccc(C(=O)NNC(=O)COC(=O)c2ccccc2Sc2ccccc2C#N)cc1. The quantitative estimate of drug-likeness (QED) is 0.443. The highest BCUT2D eigenvalue weighted by atomic mass is 32.2. The number of rotatable bonds is 6. The molecule has 3 aromatic carbocycles. The van der Waals surface area contributed by atoms with Gasteiger partial charge in [-0.15, -0.1) is 0 Å². The van der Waals surface area contributed by atoms with Crippen molar-refractivity contribution in [3.05, 3.63) is 95.1 Å². The summed E-state index contributed by atoms with van der Waals surface area (Å²) in [6.45, 7) is 1.33. The fourth-order valence-corrected chi connectivity index (χ4v) is 3.65. The van der Waals surface area contributed by atoms with Gasteiger partial charge in [-0.3, -0.25) is 20.4 Å². The van der Waals surface area contributed by atoms with Gasteiger partial charge in [0.05, 0.1) is 11.1 Å². The summed E-state index contributed by atoms with van der Waals surface area (Å²) in [6, 6.07) is 22.8. The van der Waals surface area contributed by atoms with Crippen molar-refractivity contribution in [1.82, 2.24) is 10.9 Å². The molecule has 0 aliphatic rings. The first-order chi connectivity index (χ1) is 15.5. The van der Waals surface area contributed by atoms with Crippen molar-refractivity contribution in [2.75, 3.05) is 6.61 Å². The van der Waals surface area contributed by atoms with E-state index in [0.29, 0.717) is 20.9 Å². The minimum Gasteiger partial charge on any atom is -0.452 e. The van der Waals surface area contributed by atoms with Crippen LogP contribution in [-0.2, 0) is 9.53 Å². The molecule has 0 radical (unpaired) electrons. The molecule has 0 bridgehead atoms. The second-order valence-corrected chi connectivity index (χ2v) is 7.73. The van der Waals surface area contributed by atoms with E-state index in [1.165, 1.54) is 11.8 Å². The van der Waals surface area contributed by atoms with Gasteiger partial charge in [0.25, 0.3) is 11.8 Å². The molecule has 8 heteroatoms. The first-order valence-electron chi connectivity index (χ1n) is 9.57. The number of hydrogen-bond donors (Lipinski definition) is 2. The van der Waals surface area contributed by atoms with Crippen molar-refractivity contribution in [2.24, 2.45) is 0 Å². The van der Waals surface area contributed by atoms with Gasteiger partial charge in [0, 0.05) is 15.4 Å². The maximum Gasteiger partial charge on any atom is 0.339 e. The van der Waals surface area contributed by atoms with Crippen LogP contribution in [0.4, 0.5) is 0 Å². The number of nitrogens with zero attached hydrogens (tertiary/aromatic N) is 1. The summed E-state index contributed by atoms with van der Waals surface area (Å²) in [5.74, 6) is -1.86. The van der Waals surface area contributed by atoms with Crippen molar-refractivity contribution < 1.29 is 19.1 Å². The highest BCUT2D eigenvalue weighted by molar-refractivity contribution is 7.99. The summed E-state index contributed by atoms with van der Waals surface area (Å²) >= 11 is 1.26. The van der Waals surface area contributed by atoms with E-state index in [-0.39, 0.29) is 5.56 Å². The van der Waals surface area contributed by atoms with Crippen molar-refractivity contribution in [3.63, 3.8) is 0 Å². The molecular formula is C24H19N3O4S. The van der Waals surface area contributed by atoms with Gasteiger partial charge in [-0.1, -0.05) is 53.7 Å². The predicted molar refractivity (Wildman–Crippen MR) is 119 cm³/mol. The van der Waals surface area contributed by atoms with Crippen molar-refractivity contribution in [3.8, 4) is 6.07 Å². The molecule has 0 saturated heterocycles. The van der Waals surface area contributed by atoms with Gasteiger partial charge in [-0.25, -0.2) is 4.79 Å². The number of esters is 1. The van der Waals surface area contributed by atoms with Gasteiger partial charge >= 0.3 is 5.97 Å². The molecule has 3 rings (SSSR count). The molecule has 0 fully saturated rings. The zero-order valence-corrected chi connectivity index (χ0v) is 17.9. The summed E-state index contributed by atoms with van der Waals surface area (Å²) in [6.07, 6.45) is 0. The highest BCUT2D eigenvalue weighted by Gasteiger charge is 2.16. The Morgan fingerprint density at radius 1 is 0.906 bits per heavy atom. The van der Waals surface area contributed by atoms with E-state index in [4.69, 9.17) is 4.74 Å². The molecule has 160 valence electrons. The van der Waals surface area contributed by atoms with E-state index in [1.807, 2.05) is 6.92 Å². The normalized spacial score (nSPS) is 10.0. The average molecular weight is 446 g/mol. The molecule has 2 amide bonds. The van der Waals surface area contributed by atoms with Crippen LogP contribution in [0, 0.1) is 18.3 Å². The minimum atomic E-state index is -0.692. The molecular weight excluding hydrogens is 426 g/mol. The second-order valence-electron chi connectivity index (χ2n) is 6.65. The molecule has 0 saturated carbocycles. The summed E-state index contributed by atoms with van der Waals surface area (Å²) in [7, 11) is 0. The topological polar surface area (TPSA) is 108 Å². The van der Waals surface area contributed by atoms with Crippen LogP contribution in [0.5, 0.6) is 0 Å². The number of hydrazine groups is 1. The fourth-order valence-electron chi connectivity index (χ4n) is 2.64. The third-order valence-corrected chi connectivity index (χ3v) is 5.45. The van der Waals surface area contributed by atoms with Crippen LogP contribution < -0.4 is 10.9 Å². The number of carbonyl (C=O) groups is 3. The average Bonchev–Trinajstić information content (AvgIpc) is 2.82. The van der Waals surface area contributed by atoms with E-state index >= 15 is 0 Å². The number of ether oxygens (including phenoxy) is 1. The lowest BCUT2D eigenvalue weighted by Crippen LogP contribution is -2.43. The Balaban J connectivity index is 1.57. The monoisotopic (exact) mass is 445 g/mol. The molecule has 0 unspecified atom stereocenters. The summed E-state index contributed by atoms with van der Waals surface area (Å²) in [4.78, 5) is 37.8. The third-order valence-electron chi connectivity index (χ3n) is 4.30. The van der Waals surface area contributed by atoms with Crippen molar-refractivity contribution >= 4 is 29.5 Å². The largest absolute Gasteiger partial charge is 0.452 e. The van der Waals surface area contributed by atoms with Gasteiger partial charge in [-0.2, -0.15) is 5.26 Å². The van der Waals surface area contributed by atoms with E-state index in [9.17, 15) is 19.6 Å². The molecule has 3 aromatic rings. The van der Waals surface area contributed by atoms with Crippen LogP contribution in [0.15, 0.2) is 82.6 Å². The lowest BCUT2D eigenvalue weighted by molar-refractivity contribution is -0.125. The van der Waals surface area contributed by atoms with Crippen LogP contribution in [-0.4, -0.2) is 24.4 Å². The Morgan fingerprint density at radius 3 is 2.28 bits per heavy atom. The van der Waals surface area contributed by atoms with E-state index < -0.39 is 24.4 Å². The van der Waals surface area contributed by atoms with Crippen LogP contribution in [0.25, 0.3) is 0 Å². The molecule has 0 aliphatic carbocycles. The summed E-state index contributed by atoms with van der Waals surface area (Å²) in [5.41, 5.74) is 6.64. The van der Waals surface area contributed by atoms with Crippen LogP contribution in [0.1, 0.15) is 31.8 Å². The second kappa shape index (κ2) is 10.8. The lowest BCUT2D eigenvalue weighted by Gasteiger charge is -2.11. The van der Waals surface area contributed by atoms with Crippen molar-refractivity contribution in [2.45, 2.75) is 16.7 Å². The molecule has 32 heavy (non-hydrogen) atoms. The van der Waals surface area contributed by atoms with E-state index in [0.717, 1.165) is 5.56 Å². The highest BCUT2D eigenvalue weighted by Crippen LogP contribution is 2.32. The van der Waals surface area contributed by atoms with Gasteiger partial charge in [-0.05, 0) is 43.3 Å². The summed E-state index contributed by atoms with van der Waals surface area (Å²) < 4.78 is 5.10. The lowest BCUT2D eigenvalue weighted by atomic mass is 10.1. The van der Waals surface area contributed by atoms with Gasteiger partial charge in [0.1, 0.15) is 6.07 Å². The zero-order chi connectivity index (χ0) is 22.9. The Hall–Kier alpha value is -4.09. The number of benzene rings is 3. The number of nitrogens with one attached hydrogen (secondary N) is 2. The Morgan fingerprint density at radius 2 is 1.56 bits per heavy atom. The zero-order valence-electron chi connectivity index (χ0n) is 17.1. The Labute approximate surface area is 189 Å². The van der Waals surface area contributed by atoms with E-state index in [1.54, 1.807) is 72.8 Å². The standard InChI is InChI=1S/C24H19N3O4S/c1-16-10-12-17(13-11-16)23(29)27-26-22(28)15-31-24(30)19-7-3-5-9-21(19)32-20-8-4-2-6-18(20)14-25/h2-13H,15H2,1H3,(H,26,28)(H,27,29). The number of nitriles is 1. The van der Waals surface area contributed by atoms with Crippen LogP contribution >= 0.6 is 11.8 Å². The van der Waals surface area contributed by atoms with Crippen LogP contribution in [0.2, 0.25) is 0 Å². The molecule has 0 atom stereocenters. The maximum atomic E-state index is 12.5. The van der Waals surface area contributed by atoms with Crippen LogP contribution in [0.3, 0.4) is 0 Å². The van der Waals surface area contributed by atoms with Crippen molar-refractivity contribution in [1.29, 1.82) is 5.26 Å². The molecule has 0 aromatic heterocycles. The van der Waals surface area contributed by atoms with Gasteiger partial charge < -0.3 is 4.74 Å². The minimum absolute atomic E-state index is 0.265. The smallest absolute Gasteiger partial charge is 0.339 e. The first kappa shape index (κ1) is 22.6. The first-order valence-corrected chi connectivity index (χ1v) is 10.4. The summed E-state index contributed by atoms with van der Waals surface area (Å²) in [5, 5.41) is 9.27. The number of carbonyl (C=O) groups excluding carboxylic acids is 3. The molecule has 0 spiro atoms. The number of aryl methyl sites for hydroxylation is 1. The Bertz CT molecular complexity index is 1190. The molecule has 2 N–H and O–H groups in total. The molecule has 0 heterocycles. The van der Waals surface area contributed by atoms with Gasteiger partial charge in [0.15, 0.2) is 6.61 Å². The predicted octanol–water partition coefficient (Wildman–Crippen LogP) is 3.64. The Kier molecular flexibility index (Phi) is 7.62. The van der Waals surface area contributed by atoms with E-state index in [2.05, 4.69) is 16.9 Å². The maximum absolute atomic E-state index is 12.5.